The zero-order chi connectivity index (χ0) is 45.1. The molecule has 322 valence electrons. The summed E-state index contributed by atoms with van der Waals surface area (Å²) in [7, 11) is 0. The maximum atomic E-state index is 14.5. The van der Waals surface area contributed by atoms with Crippen LogP contribution in [0.4, 0.5) is 0 Å². The number of phenolic OH excluding ortho intramolecular Hbond substituents is 8. The minimum Gasteiger partial charge on any atom is -0.504 e. The van der Waals surface area contributed by atoms with E-state index in [1.54, 1.807) is 6.07 Å². The third kappa shape index (κ3) is 5.75. The lowest BCUT2D eigenvalue weighted by Crippen LogP contribution is -2.70. The van der Waals surface area contributed by atoms with Gasteiger partial charge in [-0.1, -0.05) is 6.58 Å². The largest absolute Gasteiger partial charge is 0.504 e. The van der Waals surface area contributed by atoms with E-state index in [2.05, 4.69) is 6.58 Å². The van der Waals surface area contributed by atoms with Crippen molar-refractivity contribution < 1.29 is 113 Å². The third-order valence-electron chi connectivity index (χ3n) is 10.6. The molecule has 0 spiro atoms. The van der Waals surface area contributed by atoms with E-state index in [1.165, 1.54) is 0 Å². The number of fused-ring (bicyclic) bond motifs is 4. The molecule has 6 bridgehead atoms. The minimum absolute atomic E-state index is 0.291. The number of rotatable bonds is 3. The Kier molecular flexibility index (Phi) is 9.16. The van der Waals surface area contributed by atoms with Crippen LogP contribution in [0.15, 0.2) is 42.0 Å². The number of hydrogen-bond acceptors (Lipinski definition) is 24. The molecule has 0 radical (unpaired) electrons. The lowest BCUT2D eigenvalue weighted by atomic mass is 9.70. The summed E-state index contributed by atoms with van der Waals surface area (Å²) in [5.41, 5.74) is -7.32. The molecule has 3 aromatic rings. The van der Waals surface area contributed by atoms with Crippen molar-refractivity contribution in [2.24, 2.45) is 0 Å². The average molecular weight is 866 g/mol. The zero-order valence-electron chi connectivity index (χ0n) is 30.7. The number of carbonyl (C=O) groups is 5. The van der Waals surface area contributed by atoms with Gasteiger partial charge in [0, 0.05) is 22.3 Å². The van der Waals surface area contributed by atoms with E-state index < -0.39 is 182 Å². The molecule has 0 amide bonds. The Morgan fingerprint density at radius 1 is 0.726 bits per heavy atom. The summed E-state index contributed by atoms with van der Waals surface area (Å²) in [6.45, 7) is 1.59. The number of aliphatic hydroxyl groups is 3. The summed E-state index contributed by atoms with van der Waals surface area (Å²) >= 11 is 0. The molecule has 11 N–H and O–H groups in total. The molecule has 3 aromatic carbocycles. The molecular weight excluding hydrogens is 838 g/mol. The van der Waals surface area contributed by atoms with Crippen molar-refractivity contribution in [1.29, 1.82) is 5.26 Å². The second-order valence-electron chi connectivity index (χ2n) is 14.2. The molecule has 5 aliphatic rings. The number of carbonyl (C=O) groups excluding carboxylic acids is 5. The Labute approximate surface area is 342 Å². The second-order valence-corrected chi connectivity index (χ2v) is 14.2. The fourth-order valence-corrected chi connectivity index (χ4v) is 7.61. The predicted octanol–water partition coefficient (Wildman–Crippen LogP) is -0.979. The lowest BCUT2D eigenvalue weighted by molar-refractivity contribution is -0.339. The Morgan fingerprint density at radius 3 is 1.87 bits per heavy atom. The Balaban J connectivity index is 1.39. The van der Waals surface area contributed by atoms with Gasteiger partial charge in [0.05, 0.1) is 40.9 Å². The molecule has 62 heavy (non-hydrogen) atoms. The van der Waals surface area contributed by atoms with Crippen LogP contribution in [0.1, 0.15) is 42.6 Å². The SMILES string of the molecule is C=C(C#N)COC1OC2COC(=O)c3cc(O)c(O)c(O)c3-c3c(cc(O)c(O)c3O)C(=O)OC3C2OC(=O)C2=CC(=O)C4(O)Oc5c(O)c(O)cc(c5C2C4(O)O)C(=O)OC13. The quantitative estimate of drug-likeness (QED) is 0.0495. The summed E-state index contributed by atoms with van der Waals surface area (Å²) in [4.78, 5) is 70.4. The minimum atomic E-state index is -3.89. The first-order valence-electron chi connectivity index (χ1n) is 17.5. The number of esters is 4. The summed E-state index contributed by atoms with van der Waals surface area (Å²) in [5, 5.41) is 129. The van der Waals surface area contributed by atoms with E-state index in [9.17, 15) is 85.4 Å². The lowest BCUT2D eigenvalue weighted by Gasteiger charge is -2.49. The molecule has 4 heterocycles. The van der Waals surface area contributed by atoms with E-state index in [-0.39, 0.29) is 5.57 Å². The smallest absolute Gasteiger partial charge is 0.339 e. The van der Waals surface area contributed by atoms with Gasteiger partial charge in [0.1, 0.15) is 12.7 Å². The molecule has 7 unspecified atom stereocenters. The number of aromatic hydroxyl groups is 8. The fourth-order valence-electron chi connectivity index (χ4n) is 7.61. The molecule has 8 rings (SSSR count). The zero-order valence-corrected chi connectivity index (χ0v) is 30.7. The highest BCUT2D eigenvalue weighted by molar-refractivity contribution is 6.10. The molecule has 0 saturated carbocycles. The molecular formula is C38H27NO23. The Bertz CT molecular complexity index is 2680. The van der Waals surface area contributed by atoms with Crippen molar-refractivity contribution in [1.82, 2.24) is 0 Å². The Hall–Kier alpha value is -7.82. The molecule has 1 saturated heterocycles. The highest BCUT2D eigenvalue weighted by Gasteiger charge is 2.70. The maximum Gasteiger partial charge on any atom is 0.339 e. The van der Waals surface area contributed by atoms with Crippen LogP contribution in [-0.4, -0.2) is 141 Å². The van der Waals surface area contributed by atoms with Crippen LogP contribution < -0.4 is 4.74 Å². The molecule has 1 aliphatic carbocycles. The molecule has 4 aliphatic heterocycles. The summed E-state index contributed by atoms with van der Waals surface area (Å²) < 4.78 is 39.3. The number of phenols is 8. The molecule has 0 aromatic heterocycles. The number of ketones is 1. The van der Waals surface area contributed by atoms with Crippen LogP contribution in [-0.2, 0) is 38.0 Å². The average Bonchev–Trinajstić information content (AvgIpc) is 3.22. The number of ether oxygens (including phenoxy) is 7. The molecule has 24 nitrogen and oxygen atoms in total. The van der Waals surface area contributed by atoms with Gasteiger partial charge in [-0.25, -0.2) is 19.2 Å². The first-order chi connectivity index (χ1) is 29.1. The topological polar surface area (TPSA) is 396 Å². The van der Waals surface area contributed by atoms with Crippen LogP contribution >= 0.6 is 0 Å². The molecule has 7 atom stereocenters. The van der Waals surface area contributed by atoms with E-state index in [4.69, 9.17) is 33.2 Å². The monoisotopic (exact) mass is 865 g/mol. The number of hydrogen-bond donors (Lipinski definition) is 11. The first-order valence-corrected chi connectivity index (χ1v) is 17.5. The number of nitriles is 1. The van der Waals surface area contributed by atoms with Gasteiger partial charge in [0.2, 0.25) is 23.0 Å². The van der Waals surface area contributed by atoms with Crippen molar-refractivity contribution in [2.45, 2.75) is 48.2 Å². The van der Waals surface area contributed by atoms with Crippen molar-refractivity contribution >= 4 is 29.7 Å². The molecule has 24 heteroatoms. The van der Waals surface area contributed by atoms with Crippen molar-refractivity contribution in [3.8, 4) is 68.9 Å². The normalized spacial score (nSPS) is 27.0. The Morgan fingerprint density at radius 2 is 1.26 bits per heavy atom. The second kappa shape index (κ2) is 13.9. The van der Waals surface area contributed by atoms with Crippen molar-refractivity contribution in [3.63, 3.8) is 0 Å². The molecule has 1 fully saturated rings. The van der Waals surface area contributed by atoms with E-state index in [1.807, 2.05) is 0 Å². The highest BCUT2D eigenvalue weighted by Crippen LogP contribution is 2.58. The number of benzene rings is 3. The standard InChI is InChI=1S/C38H27NO23/c1-9(6-39)7-57-36-31-30-28(59-35(52)13-5-18(43)38(55)37(53,54)22(13)21-12(34(51)61-31)4-16(42)25(46)29(21)62-38)17(58-36)8-56-32(49)10-2-14(40)23(44)26(47)19(10)20-11(33(50)60-30)3-15(41)24(45)27(20)48/h2-5,17,22,28,30-31,36,40-42,44-48,53-55H,1,7-8H2. The maximum absolute atomic E-state index is 14.5. The van der Waals surface area contributed by atoms with E-state index in [0.29, 0.717) is 24.3 Å². The first kappa shape index (κ1) is 40.9. The highest BCUT2D eigenvalue weighted by atomic mass is 16.7. The van der Waals surface area contributed by atoms with Crippen molar-refractivity contribution in [2.75, 3.05) is 13.2 Å². The summed E-state index contributed by atoms with van der Waals surface area (Å²) in [6, 6.07) is 3.10. The van der Waals surface area contributed by atoms with Gasteiger partial charge in [0.15, 0.2) is 59.1 Å². The van der Waals surface area contributed by atoms with Gasteiger partial charge >= 0.3 is 29.7 Å². The van der Waals surface area contributed by atoms with E-state index >= 15 is 0 Å². The van der Waals surface area contributed by atoms with Gasteiger partial charge in [-0.2, -0.15) is 5.26 Å². The van der Waals surface area contributed by atoms with Crippen LogP contribution in [0, 0.1) is 11.3 Å². The fraction of sp³-hybridized carbons (Fsp3) is 0.263. The number of nitrogens with zero attached hydrogens (tertiary/aromatic N) is 1. The van der Waals surface area contributed by atoms with Crippen LogP contribution in [0.25, 0.3) is 11.1 Å². The van der Waals surface area contributed by atoms with Gasteiger partial charge < -0.3 is 89.3 Å². The van der Waals surface area contributed by atoms with Crippen molar-refractivity contribution in [3.05, 3.63) is 64.3 Å². The van der Waals surface area contributed by atoms with Crippen LogP contribution in [0.3, 0.4) is 0 Å². The third-order valence-corrected chi connectivity index (χ3v) is 10.6. The van der Waals surface area contributed by atoms with Gasteiger partial charge in [0.25, 0.3) is 5.79 Å². The predicted molar refractivity (Wildman–Crippen MR) is 188 cm³/mol. The van der Waals surface area contributed by atoms with Gasteiger partial charge in [-0.3, -0.25) is 4.79 Å². The van der Waals surface area contributed by atoms with Crippen LogP contribution in [0.2, 0.25) is 0 Å². The van der Waals surface area contributed by atoms with Crippen LogP contribution in [0.5, 0.6) is 51.7 Å². The number of cyclic esters (lactones) is 1. The van der Waals surface area contributed by atoms with E-state index in [0.717, 1.165) is 0 Å². The summed E-state index contributed by atoms with van der Waals surface area (Å²) in [5.74, 6) is -30.1. The van der Waals surface area contributed by atoms with Gasteiger partial charge in [-0.15, -0.1) is 0 Å². The van der Waals surface area contributed by atoms with Gasteiger partial charge in [-0.05, 0) is 24.3 Å². The summed E-state index contributed by atoms with van der Waals surface area (Å²) in [6.07, 6.45) is -10.6.